The predicted molar refractivity (Wildman–Crippen MR) is 80.9 cm³/mol. The number of hydrogen-bond acceptors (Lipinski definition) is 5. The highest BCUT2D eigenvalue weighted by Crippen LogP contribution is 2.30. The number of methoxy groups -OCH3 is 1. The van der Waals surface area contributed by atoms with Crippen molar-refractivity contribution in [1.82, 2.24) is 10.3 Å². The van der Waals surface area contributed by atoms with Gasteiger partial charge in [0.15, 0.2) is 5.13 Å². The number of ether oxygens (including phenoxy) is 1. The molecule has 2 rings (SSSR count). The van der Waals surface area contributed by atoms with E-state index in [9.17, 15) is 0 Å². The Morgan fingerprint density at radius 1 is 1.58 bits per heavy atom. The summed E-state index contributed by atoms with van der Waals surface area (Å²) in [4.78, 5) is 8.31. The van der Waals surface area contributed by atoms with Gasteiger partial charge in [-0.05, 0) is 18.3 Å². The molecule has 0 spiro atoms. The molecule has 1 saturated heterocycles. The van der Waals surface area contributed by atoms with Crippen LogP contribution in [-0.2, 0) is 11.3 Å². The number of nitrogens with zero attached hydrogens (tertiary/aromatic N) is 2. The molecule has 4 nitrogen and oxygen atoms in total. The van der Waals surface area contributed by atoms with Crippen molar-refractivity contribution in [1.29, 1.82) is 0 Å². The third kappa shape index (κ3) is 4.16. The summed E-state index contributed by atoms with van der Waals surface area (Å²) in [5, 5.41) is 4.55. The number of aromatic nitrogens is 1. The number of thiazole rings is 1. The molecule has 1 unspecified atom stereocenters. The third-order valence-corrected chi connectivity index (χ3v) is 4.82. The largest absolute Gasteiger partial charge is 0.383 e. The predicted octanol–water partition coefficient (Wildman–Crippen LogP) is 2.36. The monoisotopic (exact) mass is 283 g/mol. The molecular weight excluding hydrogens is 258 g/mol. The molecule has 1 fully saturated rings. The second-order valence-corrected chi connectivity index (χ2v) is 6.61. The molecule has 0 aromatic carbocycles. The summed E-state index contributed by atoms with van der Waals surface area (Å²) in [6, 6.07) is 0. The van der Waals surface area contributed by atoms with Gasteiger partial charge in [-0.15, -0.1) is 11.3 Å². The summed E-state index contributed by atoms with van der Waals surface area (Å²) in [6.07, 6.45) is 3.31. The van der Waals surface area contributed by atoms with E-state index in [2.05, 4.69) is 29.0 Å². The zero-order valence-electron chi connectivity index (χ0n) is 12.2. The van der Waals surface area contributed by atoms with Crippen molar-refractivity contribution >= 4 is 16.5 Å². The van der Waals surface area contributed by atoms with Gasteiger partial charge in [-0.25, -0.2) is 4.98 Å². The van der Waals surface area contributed by atoms with Gasteiger partial charge in [0.25, 0.3) is 0 Å². The maximum Gasteiger partial charge on any atom is 0.185 e. The number of hydrogen-bond donors (Lipinski definition) is 1. The van der Waals surface area contributed by atoms with E-state index in [1.54, 1.807) is 7.11 Å². The van der Waals surface area contributed by atoms with Crippen molar-refractivity contribution in [3.8, 4) is 0 Å². The first kappa shape index (κ1) is 14.8. The van der Waals surface area contributed by atoms with Crippen molar-refractivity contribution in [2.24, 2.45) is 11.8 Å². The molecule has 1 atom stereocenters. The Morgan fingerprint density at radius 3 is 3.11 bits per heavy atom. The number of anilines is 1. The van der Waals surface area contributed by atoms with E-state index in [0.717, 1.165) is 38.1 Å². The van der Waals surface area contributed by atoms with E-state index in [1.165, 1.54) is 23.0 Å². The lowest BCUT2D eigenvalue weighted by atomic mass is 9.95. The Kier molecular flexibility index (Phi) is 5.60. The lowest BCUT2D eigenvalue weighted by molar-refractivity contribution is 0.199. The molecule has 0 bridgehead atoms. The average molecular weight is 283 g/mol. The molecule has 1 aromatic rings. The lowest BCUT2D eigenvalue weighted by Gasteiger charge is -2.16. The van der Waals surface area contributed by atoms with E-state index < -0.39 is 0 Å². The van der Waals surface area contributed by atoms with Crippen LogP contribution >= 0.6 is 11.3 Å². The van der Waals surface area contributed by atoms with Crippen molar-refractivity contribution in [2.45, 2.75) is 26.8 Å². The fraction of sp³-hybridized carbons (Fsp3) is 0.786. The van der Waals surface area contributed by atoms with Crippen LogP contribution in [0, 0.1) is 11.8 Å². The molecule has 19 heavy (non-hydrogen) atoms. The quantitative estimate of drug-likeness (QED) is 0.780. The van der Waals surface area contributed by atoms with Crippen LogP contribution < -0.4 is 10.2 Å². The Balaban J connectivity index is 1.81. The number of nitrogens with one attached hydrogen (secondary N) is 1. The van der Waals surface area contributed by atoms with Crippen molar-refractivity contribution in [3.63, 3.8) is 0 Å². The molecule has 5 heteroatoms. The normalized spacial score (nSPS) is 19.6. The summed E-state index contributed by atoms with van der Waals surface area (Å²) in [5.41, 5.74) is 0. The summed E-state index contributed by atoms with van der Waals surface area (Å²) in [5.74, 6) is 1.60. The molecule has 108 valence electrons. The van der Waals surface area contributed by atoms with E-state index in [0.29, 0.717) is 0 Å². The van der Waals surface area contributed by atoms with Gasteiger partial charge in [-0.1, -0.05) is 13.8 Å². The van der Waals surface area contributed by atoms with Crippen LogP contribution in [0.2, 0.25) is 0 Å². The fourth-order valence-corrected chi connectivity index (χ4v) is 3.33. The van der Waals surface area contributed by atoms with Gasteiger partial charge in [-0.3, -0.25) is 0 Å². The van der Waals surface area contributed by atoms with Crippen LogP contribution in [0.3, 0.4) is 0 Å². The van der Waals surface area contributed by atoms with Crippen molar-refractivity contribution in [3.05, 3.63) is 11.1 Å². The topological polar surface area (TPSA) is 37.4 Å². The van der Waals surface area contributed by atoms with E-state index in [-0.39, 0.29) is 0 Å². The molecule has 2 heterocycles. The van der Waals surface area contributed by atoms with Crippen LogP contribution in [0.4, 0.5) is 5.13 Å². The van der Waals surface area contributed by atoms with Gasteiger partial charge in [0, 0.05) is 44.4 Å². The van der Waals surface area contributed by atoms with Crippen LogP contribution in [0.1, 0.15) is 25.1 Å². The summed E-state index contributed by atoms with van der Waals surface area (Å²) in [6.45, 7) is 9.51. The van der Waals surface area contributed by atoms with E-state index in [4.69, 9.17) is 4.74 Å². The third-order valence-electron chi connectivity index (χ3n) is 3.76. The van der Waals surface area contributed by atoms with Gasteiger partial charge in [0.2, 0.25) is 0 Å². The Bertz CT molecular complexity index is 381. The van der Waals surface area contributed by atoms with Crippen LogP contribution in [-0.4, -0.2) is 38.3 Å². The molecule has 0 aliphatic carbocycles. The Labute approximate surface area is 120 Å². The maximum absolute atomic E-state index is 5.02. The lowest BCUT2D eigenvalue weighted by Crippen LogP contribution is -2.20. The summed E-state index contributed by atoms with van der Waals surface area (Å²) >= 11 is 1.81. The second kappa shape index (κ2) is 7.22. The van der Waals surface area contributed by atoms with E-state index >= 15 is 0 Å². The molecule has 0 amide bonds. The second-order valence-electron chi connectivity index (χ2n) is 5.52. The molecule has 0 radical (unpaired) electrons. The first-order valence-corrected chi connectivity index (χ1v) is 7.91. The first-order valence-electron chi connectivity index (χ1n) is 7.10. The minimum atomic E-state index is 0.758. The van der Waals surface area contributed by atoms with Crippen LogP contribution in [0.25, 0.3) is 0 Å². The highest BCUT2D eigenvalue weighted by Gasteiger charge is 2.26. The number of rotatable bonds is 7. The highest BCUT2D eigenvalue weighted by atomic mass is 32.1. The molecule has 1 aliphatic rings. The van der Waals surface area contributed by atoms with Crippen molar-refractivity contribution in [2.75, 3.05) is 38.3 Å². The average Bonchev–Trinajstić information content (AvgIpc) is 3.03. The molecular formula is C14H25N3OS. The van der Waals surface area contributed by atoms with Crippen LogP contribution in [0.5, 0.6) is 0 Å². The summed E-state index contributed by atoms with van der Waals surface area (Å²) in [7, 11) is 1.73. The summed E-state index contributed by atoms with van der Waals surface area (Å²) < 4.78 is 5.02. The van der Waals surface area contributed by atoms with Gasteiger partial charge in [-0.2, -0.15) is 0 Å². The SMILES string of the molecule is COCCNCc1cnc(N2CCC(C(C)C)C2)s1. The Hall–Kier alpha value is -0.650. The first-order chi connectivity index (χ1) is 9.20. The molecule has 0 saturated carbocycles. The van der Waals surface area contributed by atoms with Crippen LogP contribution in [0.15, 0.2) is 6.20 Å². The highest BCUT2D eigenvalue weighted by molar-refractivity contribution is 7.15. The zero-order chi connectivity index (χ0) is 13.7. The fourth-order valence-electron chi connectivity index (χ4n) is 2.42. The van der Waals surface area contributed by atoms with Gasteiger partial charge >= 0.3 is 0 Å². The molecule has 1 N–H and O–H groups in total. The Morgan fingerprint density at radius 2 is 2.42 bits per heavy atom. The van der Waals surface area contributed by atoms with Crippen molar-refractivity contribution < 1.29 is 4.74 Å². The minimum Gasteiger partial charge on any atom is -0.383 e. The standard InChI is InChI=1S/C14H25N3OS/c1-11(2)12-4-6-17(10-12)14-16-9-13(19-14)8-15-5-7-18-3/h9,11-12,15H,4-8,10H2,1-3H3. The molecule has 1 aliphatic heterocycles. The maximum atomic E-state index is 5.02. The zero-order valence-corrected chi connectivity index (χ0v) is 13.0. The van der Waals surface area contributed by atoms with Gasteiger partial charge in [0.05, 0.1) is 6.61 Å². The van der Waals surface area contributed by atoms with Gasteiger partial charge in [0.1, 0.15) is 0 Å². The smallest absolute Gasteiger partial charge is 0.185 e. The minimum absolute atomic E-state index is 0.758. The van der Waals surface area contributed by atoms with E-state index in [1.807, 2.05) is 17.5 Å². The molecule has 1 aromatic heterocycles. The van der Waals surface area contributed by atoms with Gasteiger partial charge < -0.3 is 15.0 Å².